The summed E-state index contributed by atoms with van der Waals surface area (Å²) in [4.78, 5) is 27.2. The van der Waals surface area contributed by atoms with E-state index in [9.17, 15) is 14.0 Å². The van der Waals surface area contributed by atoms with E-state index in [0.717, 1.165) is 16.9 Å². The molecule has 35 heavy (non-hydrogen) atoms. The molecule has 1 aliphatic rings. The summed E-state index contributed by atoms with van der Waals surface area (Å²) in [5.74, 6) is 0.199. The highest BCUT2D eigenvalue weighted by Gasteiger charge is 2.25. The average molecular weight is 509 g/mol. The van der Waals surface area contributed by atoms with Gasteiger partial charge in [0.25, 0.3) is 11.8 Å². The number of nitrogens with one attached hydrogen (secondary N) is 1. The van der Waals surface area contributed by atoms with Gasteiger partial charge in [0.2, 0.25) is 0 Å². The summed E-state index contributed by atoms with van der Waals surface area (Å²) in [7, 11) is 0. The highest BCUT2D eigenvalue weighted by molar-refractivity contribution is 6.42. The van der Waals surface area contributed by atoms with E-state index < -0.39 is 11.7 Å². The lowest BCUT2D eigenvalue weighted by Crippen LogP contribution is -2.35. The minimum absolute atomic E-state index is 0.0295. The van der Waals surface area contributed by atoms with Gasteiger partial charge in [0, 0.05) is 41.9 Å². The summed E-state index contributed by atoms with van der Waals surface area (Å²) in [6.07, 6.45) is 0.576. The Morgan fingerprint density at radius 2 is 1.77 bits per heavy atom. The molecule has 0 atom stereocenters. The van der Waals surface area contributed by atoms with Crippen LogP contribution in [0.3, 0.4) is 0 Å². The summed E-state index contributed by atoms with van der Waals surface area (Å²) in [6.45, 7) is 0.916. The van der Waals surface area contributed by atoms with Crippen LogP contribution >= 0.6 is 23.2 Å². The van der Waals surface area contributed by atoms with Crippen molar-refractivity contribution in [3.8, 4) is 11.3 Å². The maximum absolute atomic E-state index is 13.9. The molecule has 5 nitrogen and oxygen atoms in total. The number of halogens is 3. The first kappa shape index (κ1) is 23.1. The highest BCUT2D eigenvalue weighted by Crippen LogP contribution is 2.32. The van der Waals surface area contributed by atoms with Crippen LogP contribution in [0, 0.1) is 5.82 Å². The Kier molecular flexibility index (Phi) is 6.32. The summed E-state index contributed by atoms with van der Waals surface area (Å²) in [5.41, 5.74) is 2.64. The van der Waals surface area contributed by atoms with Crippen molar-refractivity contribution in [1.82, 2.24) is 4.90 Å². The van der Waals surface area contributed by atoms with E-state index in [1.165, 1.54) is 18.2 Å². The van der Waals surface area contributed by atoms with Gasteiger partial charge in [-0.1, -0.05) is 47.5 Å². The van der Waals surface area contributed by atoms with E-state index in [1.54, 1.807) is 47.4 Å². The summed E-state index contributed by atoms with van der Waals surface area (Å²) < 4.78 is 20.0. The number of fused-ring (bicyclic) bond motifs is 1. The molecule has 0 saturated carbocycles. The molecule has 1 aromatic heterocycles. The van der Waals surface area contributed by atoms with E-state index in [2.05, 4.69) is 5.32 Å². The van der Waals surface area contributed by atoms with Gasteiger partial charge in [0.15, 0.2) is 0 Å². The fourth-order valence-electron chi connectivity index (χ4n) is 4.05. The zero-order valence-electron chi connectivity index (χ0n) is 18.4. The molecular formula is C27H19Cl2FN2O3. The Labute approximate surface area is 211 Å². The van der Waals surface area contributed by atoms with E-state index in [4.69, 9.17) is 27.6 Å². The van der Waals surface area contributed by atoms with Crippen molar-refractivity contribution in [1.29, 1.82) is 0 Å². The van der Waals surface area contributed by atoms with Crippen LogP contribution in [0.2, 0.25) is 10.0 Å². The molecule has 2 heterocycles. The van der Waals surface area contributed by atoms with Crippen molar-refractivity contribution >= 4 is 40.7 Å². The molecular weight excluding hydrogens is 490 g/mol. The standard InChI is InChI=1S/C27H19Cl2FN2O3/c28-21-9-8-17(13-22(21)29)27(34)32-11-10-24-18(15-32)14-25(35-24)16-4-3-5-19(12-16)31-26(33)20-6-1-2-7-23(20)30/h1-9,12-14H,10-11,15H2,(H,31,33). The van der Waals surface area contributed by atoms with Crippen LogP contribution < -0.4 is 5.32 Å². The van der Waals surface area contributed by atoms with Gasteiger partial charge in [-0.3, -0.25) is 9.59 Å². The van der Waals surface area contributed by atoms with Gasteiger partial charge < -0.3 is 14.6 Å². The first-order chi connectivity index (χ1) is 16.9. The molecule has 1 N–H and O–H groups in total. The minimum atomic E-state index is -0.583. The first-order valence-electron chi connectivity index (χ1n) is 10.9. The number of hydrogen-bond acceptors (Lipinski definition) is 3. The molecule has 0 spiro atoms. The number of anilines is 1. The zero-order valence-corrected chi connectivity index (χ0v) is 19.9. The van der Waals surface area contributed by atoms with Crippen LogP contribution in [0.5, 0.6) is 0 Å². The third kappa shape index (κ3) is 4.81. The molecule has 176 valence electrons. The molecule has 5 rings (SSSR count). The molecule has 0 bridgehead atoms. The predicted octanol–water partition coefficient (Wildman–Crippen LogP) is 6.84. The molecule has 8 heteroatoms. The smallest absolute Gasteiger partial charge is 0.258 e. The van der Waals surface area contributed by atoms with E-state index >= 15 is 0 Å². The lowest BCUT2D eigenvalue weighted by Gasteiger charge is -2.26. The largest absolute Gasteiger partial charge is 0.461 e. The number of benzene rings is 3. The molecule has 1 aliphatic heterocycles. The van der Waals surface area contributed by atoms with Crippen molar-refractivity contribution in [2.75, 3.05) is 11.9 Å². The number of rotatable bonds is 4. The molecule has 3 aromatic carbocycles. The number of carbonyl (C=O) groups excluding carboxylic acids is 2. The van der Waals surface area contributed by atoms with Crippen molar-refractivity contribution < 1.29 is 18.4 Å². The molecule has 0 unspecified atom stereocenters. The Morgan fingerprint density at radius 3 is 2.57 bits per heavy atom. The van der Waals surface area contributed by atoms with Crippen LogP contribution in [0.1, 0.15) is 32.0 Å². The summed E-state index contributed by atoms with van der Waals surface area (Å²) >= 11 is 12.0. The molecule has 0 saturated heterocycles. The molecule has 0 fully saturated rings. The van der Waals surface area contributed by atoms with Crippen LogP contribution in [-0.2, 0) is 13.0 Å². The van der Waals surface area contributed by atoms with Gasteiger partial charge in [0.1, 0.15) is 17.3 Å². The summed E-state index contributed by atoms with van der Waals surface area (Å²) in [6, 6.07) is 19.7. The normalized spacial score (nSPS) is 12.8. The van der Waals surface area contributed by atoms with Gasteiger partial charge in [0.05, 0.1) is 15.6 Å². The molecule has 0 aliphatic carbocycles. The third-order valence-corrected chi connectivity index (χ3v) is 6.58. The van der Waals surface area contributed by atoms with Crippen molar-refractivity contribution in [3.05, 3.63) is 111 Å². The van der Waals surface area contributed by atoms with Crippen molar-refractivity contribution in [3.63, 3.8) is 0 Å². The second-order valence-corrected chi connectivity index (χ2v) is 8.99. The van der Waals surface area contributed by atoms with E-state index in [0.29, 0.717) is 46.6 Å². The van der Waals surface area contributed by atoms with Crippen molar-refractivity contribution in [2.24, 2.45) is 0 Å². The summed E-state index contributed by atoms with van der Waals surface area (Å²) in [5, 5.41) is 3.46. The molecule has 4 aromatic rings. The lowest BCUT2D eigenvalue weighted by atomic mass is 10.1. The van der Waals surface area contributed by atoms with Crippen LogP contribution in [0.15, 0.2) is 77.2 Å². The van der Waals surface area contributed by atoms with Crippen LogP contribution in [0.25, 0.3) is 11.3 Å². The minimum Gasteiger partial charge on any atom is -0.461 e. The number of nitrogens with zero attached hydrogens (tertiary/aromatic N) is 1. The quantitative estimate of drug-likeness (QED) is 0.328. The van der Waals surface area contributed by atoms with Gasteiger partial charge >= 0.3 is 0 Å². The van der Waals surface area contributed by atoms with Gasteiger partial charge in [-0.05, 0) is 48.5 Å². The second-order valence-electron chi connectivity index (χ2n) is 8.18. The lowest BCUT2D eigenvalue weighted by molar-refractivity contribution is 0.0730. The number of carbonyl (C=O) groups is 2. The Bertz CT molecular complexity index is 1450. The second kappa shape index (κ2) is 9.56. The Balaban J connectivity index is 1.33. The van der Waals surface area contributed by atoms with Gasteiger partial charge in [-0.2, -0.15) is 0 Å². The molecule has 0 radical (unpaired) electrons. The predicted molar refractivity (Wildman–Crippen MR) is 133 cm³/mol. The third-order valence-electron chi connectivity index (χ3n) is 5.84. The zero-order chi connectivity index (χ0) is 24.5. The number of amides is 2. The topological polar surface area (TPSA) is 62.6 Å². The first-order valence-corrected chi connectivity index (χ1v) is 11.7. The fraction of sp³-hybridized carbons (Fsp3) is 0.111. The van der Waals surface area contributed by atoms with Crippen molar-refractivity contribution in [2.45, 2.75) is 13.0 Å². The SMILES string of the molecule is O=C(Nc1cccc(-c2cc3c(o2)CCN(C(=O)c2ccc(Cl)c(Cl)c2)C3)c1)c1ccccc1F. The van der Waals surface area contributed by atoms with Crippen LogP contribution in [0.4, 0.5) is 10.1 Å². The fourth-order valence-corrected chi connectivity index (χ4v) is 4.35. The Morgan fingerprint density at radius 1 is 0.943 bits per heavy atom. The van der Waals surface area contributed by atoms with Gasteiger partial charge in [-0.15, -0.1) is 0 Å². The van der Waals surface area contributed by atoms with E-state index in [1.807, 2.05) is 12.1 Å². The van der Waals surface area contributed by atoms with E-state index in [-0.39, 0.29) is 11.5 Å². The maximum atomic E-state index is 13.9. The molecule has 2 amide bonds. The van der Waals surface area contributed by atoms with Crippen LogP contribution in [-0.4, -0.2) is 23.3 Å². The monoisotopic (exact) mass is 508 g/mol. The maximum Gasteiger partial charge on any atom is 0.258 e. The van der Waals surface area contributed by atoms with Gasteiger partial charge in [-0.25, -0.2) is 4.39 Å². The number of hydrogen-bond donors (Lipinski definition) is 1. The Hall–Kier alpha value is -3.61. The number of furan rings is 1. The average Bonchev–Trinajstić information content (AvgIpc) is 3.29. The highest BCUT2D eigenvalue weighted by atomic mass is 35.5.